The summed E-state index contributed by atoms with van der Waals surface area (Å²) in [7, 11) is 1.83. The largest absolute Gasteiger partial charge is 0.368 e. The number of nitrogens with zero attached hydrogens (tertiary/aromatic N) is 7. The maximum Gasteiger partial charge on any atom is 0.278 e. The van der Waals surface area contributed by atoms with Crippen LogP contribution in [0.1, 0.15) is 0 Å². The van der Waals surface area contributed by atoms with Gasteiger partial charge < -0.3 is 15.2 Å². The standard InChI is InChI=1S/C17H13BrN8O/c1-26(10-6-3-2-4-7-10)17-23-13(22-16(19)24-17)14-21-15(27-25-14)12-11(18)8-5-9-20-12/h2-9H,1H3,(H2,19,22,23,24). The Morgan fingerprint density at radius 3 is 2.56 bits per heavy atom. The summed E-state index contributed by atoms with van der Waals surface area (Å²) in [5.41, 5.74) is 7.29. The van der Waals surface area contributed by atoms with Crippen molar-refractivity contribution in [3.05, 3.63) is 53.1 Å². The van der Waals surface area contributed by atoms with Gasteiger partial charge in [-0.25, -0.2) is 4.98 Å². The number of rotatable bonds is 4. The summed E-state index contributed by atoms with van der Waals surface area (Å²) in [6, 6.07) is 13.3. The molecule has 4 aromatic rings. The van der Waals surface area contributed by atoms with Crippen molar-refractivity contribution < 1.29 is 4.52 Å². The molecule has 134 valence electrons. The highest BCUT2D eigenvalue weighted by atomic mass is 79.9. The Morgan fingerprint density at radius 1 is 0.963 bits per heavy atom. The summed E-state index contributed by atoms with van der Waals surface area (Å²) >= 11 is 3.41. The van der Waals surface area contributed by atoms with E-state index in [1.54, 1.807) is 17.2 Å². The number of pyridine rings is 1. The summed E-state index contributed by atoms with van der Waals surface area (Å²) in [6.07, 6.45) is 1.64. The van der Waals surface area contributed by atoms with Crippen LogP contribution in [0.3, 0.4) is 0 Å². The van der Waals surface area contributed by atoms with Gasteiger partial charge in [0.1, 0.15) is 5.69 Å². The number of aromatic nitrogens is 6. The van der Waals surface area contributed by atoms with Crippen LogP contribution in [-0.2, 0) is 0 Å². The van der Waals surface area contributed by atoms with Crippen LogP contribution < -0.4 is 10.6 Å². The molecule has 9 nitrogen and oxygen atoms in total. The van der Waals surface area contributed by atoms with Crippen molar-refractivity contribution in [3.8, 4) is 23.2 Å². The van der Waals surface area contributed by atoms with E-state index in [4.69, 9.17) is 10.3 Å². The van der Waals surface area contributed by atoms with Gasteiger partial charge in [-0.2, -0.15) is 19.9 Å². The number of halogens is 1. The van der Waals surface area contributed by atoms with Crippen molar-refractivity contribution in [2.75, 3.05) is 17.7 Å². The van der Waals surface area contributed by atoms with Gasteiger partial charge in [-0.05, 0) is 40.2 Å². The molecule has 10 heteroatoms. The number of hydrogen-bond donors (Lipinski definition) is 1. The van der Waals surface area contributed by atoms with E-state index in [0.29, 0.717) is 11.6 Å². The molecule has 0 aliphatic carbocycles. The van der Waals surface area contributed by atoms with E-state index in [9.17, 15) is 0 Å². The SMILES string of the molecule is CN(c1ccccc1)c1nc(N)nc(-c2noc(-c3ncccc3Br)n2)n1. The zero-order chi connectivity index (χ0) is 18.8. The van der Waals surface area contributed by atoms with Crippen LogP contribution in [-0.4, -0.2) is 37.1 Å². The third kappa shape index (κ3) is 3.47. The van der Waals surface area contributed by atoms with Crippen molar-refractivity contribution >= 4 is 33.5 Å². The molecule has 0 saturated carbocycles. The highest BCUT2D eigenvalue weighted by Gasteiger charge is 2.18. The van der Waals surface area contributed by atoms with Gasteiger partial charge in [0.25, 0.3) is 5.89 Å². The van der Waals surface area contributed by atoms with Crippen molar-refractivity contribution in [1.82, 2.24) is 30.1 Å². The molecule has 2 N–H and O–H groups in total. The van der Waals surface area contributed by atoms with Gasteiger partial charge in [-0.1, -0.05) is 23.4 Å². The lowest BCUT2D eigenvalue weighted by molar-refractivity contribution is 0.430. The highest BCUT2D eigenvalue weighted by molar-refractivity contribution is 9.10. The summed E-state index contributed by atoms with van der Waals surface area (Å²) in [5.74, 6) is 1.08. The molecule has 0 fully saturated rings. The van der Waals surface area contributed by atoms with Crippen molar-refractivity contribution in [2.45, 2.75) is 0 Å². The van der Waals surface area contributed by atoms with Gasteiger partial charge in [-0.15, -0.1) is 0 Å². The molecule has 3 aromatic heterocycles. The topological polar surface area (TPSA) is 120 Å². The van der Waals surface area contributed by atoms with Gasteiger partial charge in [0, 0.05) is 23.4 Å². The molecular weight excluding hydrogens is 412 g/mol. The van der Waals surface area contributed by atoms with Gasteiger partial charge in [-0.3, -0.25) is 0 Å². The Kier molecular flexibility index (Phi) is 4.47. The molecule has 1 aromatic carbocycles. The zero-order valence-electron chi connectivity index (χ0n) is 14.1. The fraction of sp³-hybridized carbons (Fsp3) is 0.0588. The molecule has 0 aliphatic heterocycles. The second kappa shape index (κ2) is 7.08. The molecule has 0 spiro atoms. The summed E-state index contributed by atoms with van der Waals surface area (Å²) in [4.78, 5) is 23.1. The average molecular weight is 425 g/mol. The lowest BCUT2D eigenvalue weighted by Gasteiger charge is -2.17. The Balaban J connectivity index is 1.71. The Bertz CT molecular complexity index is 1090. The van der Waals surface area contributed by atoms with E-state index in [0.717, 1.165) is 10.2 Å². The van der Waals surface area contributed by atoms with Gasteiger partial charge >= 0.3 is 0 Å². The number of nitrogens with two attached hydrogens (primary N) is 1. The van der Waals surface area contributed by atoms with Crippen LogP contribution in [0.25, 0.3) is 23.2 Å². The summed E-state index contributed by atoms with van der Waals surface area (Å²) in [5, 5.41) is 3.94. The van der Waals surface area contributed by atoms with Crippen LogP contribution in [0.2, 0.25) is 0 Å². The van der Waals surface area contributed by atoms with Crippen LogP contribution in [0.4, 0.5) is 17.6 Å². The smallest absolute Gasteiger partial charge is 0.278 e. The Labute approximate surface area is 162 Å². The molecule has 0 aliphatic rings. The third-order valence-electron chi connectivity index (χ3n) is 3.67. The molecule has 0 unspecified atom stereocenters. The molecule has 0 bridgehead atoms. The van der Waals surface area contributed by atoms with E-state index in [-0.39, 0.29) is 23.5 Å². The van der Waals surface area contributed by atoms with E-state index in [2.05, 4.69) is 46.0 Å². The minimum atomic E-state index is 0.0585. The predicted molar refractivity (Wildman–Crippen MR) is 103 cm³/mol. The second-order valence-electron chi connectivity index (χ2n) is 5.47. The number of anilines is 3. The lowest BCUT2D eigenvalue weighted by Crippen LogP contribution is -2.15. The third-order valence-corrected chi connectivity index (χ3v) is 4.31. The summed E-state index contributed by atoms with van der Waals surface area (Å²) in [6.45, 7) is 0. The monoisotopic (exact) mass is 424 g/mol. The lowest BCUT2D eigenvalue weighted by atomic mass is 10.3. The van der Waals surface area contributed by atoms with Crippen LogP contribution in [0, 0.1) is 0 Å². The number of para-hydroxylation sites is 1. The maximum absolute atomic E-state index is 5.86. The fourth-order valence-corrected chi connectivity index (χ4v) is 2.78. The molecule has 0 saturated heterocycles. The van der Waals surface area contributed by atoms with E-state index in [1.165, 1.54) is 0 Å². The van der Waals surface area contributed by atoms with Crippen LogP contribution >= 0.6 is 15.9 Å². The first-order chi connectivity index (χ1) is 13.1. The first-order valence-electron chi connectivity index (χ1n) is 7.87. The molecule has 0 atom stereocenters. The minimum Gasteiger partial charge on any atom is -0.368 e. The minimum absolute atomic E-state index is 0.0585. The van der Waals surface area contributed by atoms with E-state index >= 15 is 0 Å². The van der Waals surface area contributed by atoms with Crippen LogP contribution in [0.15, 0.2) is 57.7 Å². The highest BCUT2D eigenvalue weighted by Crippen LogP contribution is 2.26. The van der Waals surface area contributed by atoms with E-state index < -0.39 is 0 Å². The first-order valence-corrected chi connectivity index (χ1v) is 8.66. The fourth-order valence-electron chi connectivity index (χ4n) is 2.35. The molecule has 4 rings (SSSR count). The molecule has 0 radical (unpaired) electrons. The summed E-state index contributed by atoms with van der Waals surface area (Å²) < 4.78 is 6.04. The van der Waals surface area contributed by atoms with Crippen molar-refractivity contribution in [3.63, 3.8) is 0 Å². The zero-order valence-corrected chi connectivity index (χ0v) is 15.7. The quantitative estimate of drug-likeness (QED) is 0.526. The molecule has 27 heavy (non-hydrogen) atoms. The number of benzene rings is 1. The van der Waals surface area contributed by atoms with Crippen molar-refractivity contribution in [1.29, 1.82) is 0 Å². The van der Waals surface area contributed by atoms with Gasteiger partial charge in [0.2, 0.25) is 23.5 Å². The second-order valence-corrected chi connectivity index (χ2v) is 6.32. The van der Waals surface area contributed by atoms with Gasteiger partial charge in [0.05, 0.1) is 0 Å². The van der Waals surface area contributed by atoms with Gasteiger partial charge in [0.15, 0.2) is 0 Å². The molecule has 3 heterocycles. The van der Waals surface area contributed by atoms with Crippen molar-refractivity contribution in [2.24, 2.45) is 0 Å². The average Bonchev–Trinajstić information content (AvgIpc) is 3.18. The molecular formula is C17H13BrN8O. The number of hydrogen-bond acceptors (Lipinski definition) is 9. The Hall–Kier alpha value is -3.40. The van der Waals surface area contributed by atoms with Crippen LogP contribution in [0.5, 0.6) is 0 Å². The molecule has 0 amide bonds. The first kappa shape index (κ1) is 17.0. The normalized spacial score (nSPS) is 10.7. The maximum atomic E-state index is 5.86. The predicted octanol–water partition coefficient (Wildman–Crippen LogP) is 3.10. The van der Waals surface area contributed by atoms with E-state index in [1.807, 2.05) is 43.4 Å². The Morgan fingerprint density at radius 2 is 1.78 bits per heavy atom. The number of nitrogen functional groups attached to an aromatic ring is 1.